The van der Waals surface area contributed by atoms with Crippen LogP contribution in [-0.4, -0.2) is 33.0 Å². The maximum Gasteiger partial charge on any atom is 0.161 e. The van der Waals surface area contributed by atoms with Gasteiger partial charge < -0.3 is 19.9 Å². The molecule has 0 aliphatic carbocycles. The molecule has 4 nitrogen and oxygen atoms in total. The van der Waals surface area contributed by atoms with Crippen molar-refractivity contribution in [2.24, 2.45) is 11.7 Å². The van der Waals surface area contributed by atoms with Gasteiger partial charge in [-0.25, -0.2) is 0 Å². The second-order valence-corrected chi connectivity index (χ2v) is 5.48. The maximum atomic E-state index is 5.82. The molecule has 0 aliphatic heterocycles. The van der Waals surface area contributed by atoms with Gasteiger partial charge in [0.2, 0.25) is 0 Å². The fraction of sp³-hybridized carbons (Fsp3) is 0.625. The van der Waals surface area contributed by atoms with Gasteiger partial charge in [-0.3, -0.25) is 0 Å². The highest BCUT2D eigenvalue weighted by molar-refractivity contribution is 5.43. The van der Waals surface area contributed by atoms with Gasteiger partial charge in [-0.2, -0.15) is 0 Å². The first-order valence-electron chi connectivity index (χ1n) is 7.16. The van der Waals surface area contributed by atoms with Gasteiger partial charge in [-0.1, -0.05) is 19.9 Å². The third kappa shape index (κ3) is 6.26. The van der Waals surface area contributed by atoms with E-state index >= 15 is 0 Å². The summed E-state index contributed by atoms with van der Waals surface area (Å²) in [7, 11) is 1.64. The van der Waals surface area contributed by atoms with Crippen molar-refractivity contribution < 1.29 is 14.2 Å². The van der Waals surface area contributed by atoms with Crippen LogP contribution in [0.15, 0.2) is 18.2 Å². The summed E-state index contributed by atoms with van der Waals surface area (Å²) < 4.78 is 16.5. The zero-order valence-electron chi connectivity index (χ0n) is 13.0. The molecule has 1 rings (SSSR count). The first kappa shape index (κ1) is 16.8. The number of benzene rings is 1. The Labute approximate surface area is 122 Å². The van der Waals surface area contributed by atoms with E-state index < -0.39 is 0 Å². The van der Waals surface area contributed by atoms with Gasteiger partial charge in [-0.15, -0.1) is 0 Å². The molecule has 114 valence electrons. The van der Waals surface area contributed by atoms with E-state index in [1.165, 1.54) is 0 Å². The van der Waals surface area contributed by atoms with Crippen molar-refractivity contribution in [3.8, 4) is 11.5 Å². The van der Waals surface area contributed by atoms with E-state index in [-0.39, 0.29) is 6.04 Å². The minimum absolute atomic E-state index is 0.130. The average Bonchev–Trinajstić information content (AvgIpc) is 2.37. The van der Waals surface area contributed by atoms with Gasteiger partial charge in [-0.05, 0) is 37.0 Å². The minimum Gasteiger partial charge on any atom is -0.493 e. The first-order valence-corrected chi connectivity index (χ1v) is 7.16. The summed E-state index contributed by atoms with van der Waals surface area (Å²) in [6, 6.07) is 6.06. The summed E-state index contributed by atoms with van der Waals surface area (Å²) in [4.78, 5) is 0. The lowest BCUT2D eigenvalue weighted by molar-refractivity contribution is 0.0810. The van der Waals surface area contributed by atoms with Gasteiger partial charge in [0.1, 0.15) is 6.61 Å². The fourth-order valence-electron chi connectivity index (χ4n) is 1.86. The van der Waals surface area contributed by atoms with Gasteiger partial charge in [0, 0.05) is 12.6 Å². The first-order chi connectivity index (χ1) is 9.52. The van der Waals surface area contributed by atoms with Crippen LogP contribution in [0.2, 0.25) is 0 Å². The second-order valence-electron chi connectivity index (χ2n) is 5.48. The van der Waals surface area contributed by atoms with Gasteiger partial charge >= 0.3 is 0 Å². The molecule has 1 aromatic rings. The smallest absolute Gasteiger partial charge is 0.161 e. The van der Waals surface area contributed by atoms with Crippen LogP contribution in [-0.2, 0) is 11.2 Å². The third-order valence-electron chi connectivity index (χ3n) is 2.72. The van der Waals surface area contributed by atoms with Crippen molar-refractivity contribution in [2.45, 2.75) is 33.2 Å². The second kappa shape index (κ2) is 8.82. The molecule has 1 atom stereocenters. The Balaban J connectivity index is 2.53. The molecule has 1 aromatic carbocycles. The molecule has 20 heavy (non-hydrogen) atoms. The highest BCUT2D eigenvalue weighted by Gasteiger charge is 2.07. The SMILES string of the molecule is COc1ccc(CC(C)N)cc1OCCOCC(C)C. The van der Waals surface area contributed by atoms with Crippen molar-refractivity contribution >= 4 is 0 Å². The third-order valence-corrected chi connectivity index (χ3v) is 2.72. The van der Waals surface area contributed by atoms with E-state index in [0.717, 1.165) is 30.1 Å². The van der Waals surface area contributed by atoms with Crippen LogP contribution in [0.25, 0.3) is 0 Å². The van der Waals surface area contributed by atoms with Crippen LogP contribution >= 0.6 is 0 Å². The summed E-state index contributed by atoms with van der Waals surface area (Å²) in [5.41, 5.74) is 6.97. The average molecular weight is 281 g/mol. The molecule has 0 saturated carbocycles. The van der Waals surface area contributed by atoms with E-state index in [4.69, 9.17) is 19.9 Å². The van der Waals surface area contributed by atoms with E-state index in [2.05, 4.69) is 13.8 Å². The van der Waals surface area contributed by atoms with Crippen LogP contribution in [0.5, 0.6) is 11.5 Å². The number of nitrogens with two attached hydrogens (primary N) is 1. The van der Waals surface area contributed by atoms with E-state index in [0.29, 0.717) is 19.1 Å². The molecule has 0 amide bonds. The lowest BCUT2D eigenvalue weighted by Crippen LogP contribution is -2.17. The zero-order valence-corrected chi connectivity index (χ0v) is 13.0. The van der Waals surface area contributed by atoms with Crippen molar-refractivity contribution in [3.05, 3.63) is 23.8 Å². The molecule has 0 bridgehead atoms. The number of ether oxygens (including phenoxy) is 3. The molecule has 0 heterocycles. The Kier molecular flexibility index (Phi) is 7.41. The molecule has 0 spiro atoms. The molecular formula is C16H27NO3. The quantitative estimate of drug-likeness (QED) is 0.707. The molecule has 0 aromatic heterocycles. The van der Waals surface area contributed by atoms with E-state index in [1.807, 2.05) is 25.1 Å². The molecular weight excluding hydrogens is 254 g/mol. The van der Waals surface area contributed by atoms with Gasteiger partial charge in [0.15, 0.2) is 11.5 Å². The number of methoxy groups -OCH3 is 1. The maximum absolute atomic E-state index is 5.82. The van der Waals surface area contributed by atoms with Crippen molar-refractivity contribution in [2.75, 3.05) is 26.9 Å². The predicted octanol–water partition coefficient (Wildman–Crippen LogP) is 2.64. The summed E-state index contributed by atoms with van der Waals surface area (Å²) in [6.07, 6.45) is 0.824. The summed E-state index contributed by atoms with van der Waals surface area (Å²) >= 11 is 0. The Morgan fingerprint density at radius 3 is 2.45 bits per heavy atom. The minimum atomic E-state index is 0.130. The molecule has 0 saturated heterocycles. The Bertz CT molecular complexity index is 391. The molecule has 0 radical (unpaired) electrons. The summed E-state index contributed by atoms with van der Waals surface area (Å²) in [6.45, 7) is 8.10. The lowest BCUT2D eigenvalue weighted by atomic mass is 10.1. The van der Waals surface area contributed by atoms with E-state index in [1.54, 1.807) is 7.11 Å². The molecule has 1 unspecified atom stereocenters. The van der Waals surface area contributed by atoms with Crippen molar-refractivity contribution in [3.63, 3.8) is 0 Å². The Hall–Kier alpha value is -1.26. The van der Waals surface area contributed by atoms with Crippen molar-refractivity contribution in [1.82, 2.24) is 0 Å². The molecule has 0 fully saturated rings. The topological polar surface area (TPSA) is 53.7 Å². The molecule has 0 aliphatic rings. The van der Waals surface area contributed by atoms with Crippen LogP contribution in [0.1, 0.15) is 26.3 Å². The number of rotatable bonds is 9. The van der Waals surface area contributed by atoms with Crippen LogP contribution in [0.3, 0.4) is 0 Å². The largest absolute Gasteiger partial charge is 0.493 e. The van der Waals surface area contributed by atoms with Gasteiger partial charge in [0.05, 0.1) is 13.7 Å². The number of hydrogen-bond acceptors (Lipinski definition) is 4. The predicted molar refractivity (Wildman–Crippen MR) is 81.5 cm³/mol. The summed E-state index contributed by atoms with van der Waals surface area (Å²) in [5, 5.41) is 0. The van der Waals surface area contributed by atoms with Crippen LogP contribution in [0, 0.1) is 5.92 Å². The monoisotopic (exact) mass is 281 g/mol. The highest BCUT2D eigenvalue weighted by Crippen LogP contribution is 2.28. The standard InChI is InChI=1S/C16H27NO3/c1-12(2)11-19-7-8-20-16-10-14(9-13(3)17)5-6-15(16)18-4/h5-6,10,12-13H,7-9,11,17H2,1-4H3. The zero-order chi connectivity index (χ0) is 15.0. The molecule has 2 N–H and O–H groups in total. The Morgan fingerprint density at radius 1 is 1.10 bits per heavy atom. The van der Waals surface area contributed by atoms with Crippen LogP contribution < -0.4 is 15.2 Å². The normalized spacial score (nSPS) is 12.5. The number of hydrogen-bond donors (Lipinski definition) is 1. The highest BCUT2D eigenvalue weighted by atomic mass is 16.5. The van der Waals surface area contributed by atoms with Crippen LogP contribution in [0.4, 0.5) is 0 Å². The van der Waals surface area contributed by atoms with Crippen molar-refractivity contribution in [1.29, 1.82) is 0 Å². The molecule has 4 heteroatoms. The van der Waals surface area contributed by atoms with Gasteiger partial charge in [0.25, 0.3) is 0 Å². The van der Waals surface area contributed by atoms with E-state index in [9.17, 15) is 0 Å². The lowest BCUT2D eigenvalue weighted by Gasteiger charge is -2.14. The Morgan fingerprint density at radius 2 is 1.85 bits per heavy atom. The fourth-order valence-corrected chi connectivity index (χ4v) is 1.86. The summed E-state index contributed by atoms with van der Waals surface area (Å²) in [5.74, 6) is 2.03.